The van der Waals surface area contributed by atoms with E-state index in [4.69, 9.17) is 9.47 Å². The van der Waals surface area contributed by atoms with Gasteiger partial charge in [0, 0.05) is 24.4 Å². The Balaban J connectivity index is 2.18. The third-order valence-electron chi connectivity index (χ3n) is 4.90. The van der Waals surface area contributed by atoms with Crippen LogP contribution in [0.5, 0.6) is 17.2 Å². The van der Waals surface area contributed by atoms with Crippen molar-refractivity contribution in [1.82, 2.24) is 0 Å². The van der Waals surface area contributed by atoms with Gasteiger partial charge in [-0.1, -0.05) is 0 Å². The number of hydrogen-bond acceptors (Lipinski definition) is 3. The molecule has 4 nitrogen and oxygen atoms in total. The zero-order valence-corrected chi connectivity index (χ0v) is 14.8. The number of hydrogen-bond donors (Lipinski definition) is 1. The number of ether oxygens (including phenoxy) is 2. The smallest absolute Gasteiger partial charge is 0.219 e. The predicted octanol–water partition coefficient (Wildman–Crippen LogP) is 4.07. The van der Waals surface area contributed by atoms with E-state index in [9.17, 15) is 5.11 Å². The minimum Gasteiger partial charge on any atom is -0.504 e. The summed E-state index contributed by atoms with van der Waals surface area (Å²) in [6.45, 7) is 4.17. The lowest BCUT2D eigenvalue weighted by atomic mass is 10.0. The number of aromatic nitrogens is 1. The van der Waals surface area contributed by atoms with Gasteiger partial charge >= 0.3 is 0 Å². The van der Waals surface area contributed by atoms with Gasteiger partial charge in [-0.15, -0.1) is 0 Å². The monoisotopic (exact) mass is 334 g/mol. The highest BCUT2D eigenvalue weighted by atomic mass is 16.5. The zero-order valence-electron chi connectivity index (χ0n) is 14.8. The van der Waals surface area contributed by atoms with Crippen LogP contribution in [0.2, 0.25) is 0 Å². The normalized spacial score (nSPS) is 11.4. The molecule has 0 atom stereocenters. The maximum Gasteiger partial charge on any atom is 0.219 e. The Hall–Kier alpha value is -3.01. The van der Waals surface area contributed by atoms with Crippen molar-refractivity contribution < 1.29 is 19.0 Å². The highest BCUT2D eigenvalue weighted by molar-refractivity contribution is 5.99. The molecule has 4 heteroatoms. The van der Waals surface area contributed by atoms with Crippen LogP contribution >= 0.6 is 0 Å². The van der Waals surface area contributed by atoms with Gasteiger partial charge in [-0.2, -0.15) is 4.40 Å². The molecule has 126 valence electrons. The fourth-order valence-electron chi connectivity index (χ4n) is 3.55. The molecular formula is C21H20NO3+. The second-order valence-electron chi connectivity index (χ2n) is 6.32. The van der Waals surface area contributed by atoms with E-state index in [1.54, 1.807) is 20.3 Å². The maximum atomic E-state index is 10.1. The Morgan fingerprint density at radius 3 is 2.32 bits per heavy atom. The summed E-state index contributed by atoms with van der Waals surface area (Å²) >= 11 is 0. The summed E-state index contributed by atoms with van der Waals surface area (Å²) in [5.74, 6) is 1.50. The Bertz CT molecular complexity index is 1150. The van der Waals surface area contributed by atoms with E-state index in [1.165, 1.54) is 5.39 Å². The maximum absolute atomic E-state index is 10.1. The summed E-state index contributed by atoms with van der Waals surface area (Å²) in [5, 5.41) is 14.4. The summed E-state index contributed by atoms with van der Waals surface area (Å²) in [7, 11) is 3.26. The molecule has 1 N–H and O–H groups in total. The number of phenolic OH excluding ortho intramolecular Hbond substituents is 1. The number of pyridine rings is 2. The molecule has 0 aliphatic heterocycles. The van der Waals surface area contributed by atoms with E-state index in [2.05, 4.69) is 36.4 Å². The molecule has 4 aromatic rings. The number of rotatable bonds is 2. The van der Waals surface area contributed by atoms with Crippen molar-refractivity contribution in [2.45, 2.75) is 13.8 Å². The molecule has 0 aliphatic rings. The van der Waals surface area contributed by atoms with Crippen molar-refractivity contribution in [2.75, 3.05) is 14.2 Å². The van der Waals surface area contributed by atoms with Crippen LogP contribution in [0.25, 0.3) is 27.1 Å². The topological polar surface area (TPSA) is 42.8 Å². The first-order valence-electron chi connectivity index (χ1n) is 8.16. The van der Waals surface area contributed by atoms with Crippen LogP contribution in [0.3, 0.4) is 0 Å². The summed E-state index contributed by atoms with van der Waals surface area (Å²) in [6.07, 6.45) is 2.04. The van der Waals surface area contributed by atoms with Gasteiger partial charge in [-0.05, 0) is 47.5 Å². The van der Waals surface area contributed by atoms with Crippen LogP contribution in [-0.4, -0.2) is 19.3 Å². The molecule has 0 bridgehead atoms. The number of fused-ring (bicyclic) bond motifs is 4. The van der Waals surface area contributed by atoms with Gasteiger partial charge in [0.05, 0.1) is 19.6 Å². The Morgan fingerprint density at radius 2 is 1.60 bits per heavy atom. The molecule has 0 saturated heterocycles. The first-order chi connectivity index (χ1) is 12.0. The van der Waals surface area contributed by atoms with Gasteiger partial charge in [0.1, 0.15) is 5.75 Å². The predicted molar refractivity (Wildman–Crippen MR) is 98.9 cm³/mol. The zero-order chi connectivity index (χ0) is 17.7. The van der Waals surface area contributed by atoms with E-state index >= 15 is 0 Å². The molecule has 0 aliphatic carbocycles. The van der Waals surface area contributed by atoms with Crippen molar-refractivity contribution in [1.29, 1.82) is 0 Å². The molecule has 2 aromatic heterocycles. The molecule has 4 rings (SSSR count). The molecule has 25 heavy (non-hydrogen) atoms. The fraction of sp³-hybridized carbons (Fsp3) is 0.190. The summed E-state index contributed by atoms with van der Waals surface area (Å²) in [6, 6.07) is 12.0. The molecule has 0 amide bonds. The van der Waals surface area contributed by atoms with Crippen LogP contribution < -0.4 is 13.9 Å². The summed E-state index contributed by atoms with van der Waals surface area (Å²) in [4.78, 5) is 0. The van der Waals surface area contributed by atoms with Gasteiger partial charge in [-0.25, -0.2) is 0 Å². The average molecular weight is 334 g/mol. The largest absolute Gasteiger partial charge is 0.504 e. The van der Waals surface area contributed by atoms with E-state index in [-0.39, 0.29) is 5.75 Å². The number of phenols is 1. The lowest BCUT2D eigenvalue weighted by Gasteiger charge is -2.10. The first-order valence-corrected chi connectivity index (χ1v) is 8.16. The molecule has 2 heterocycles. The van der Waals surface area contributed by atoms with Crippen molar-refractivity contribution in [3.8, 4) is 17.2 Å². The van der Waals surface area contributed by atoms with Gasteiger partial charge in [0.15, 0.2) is 23.4 Å². The minimum atomic E-state index is 0.147. The van der Waals surface area contributed by atoms with Gasteiger partial charge in [0.25, 0.3) is 0 Å². The van der Waals surface area contributed by atoms with Crippen molar-refractivity contribution in [3.05, 3.63) is 53.9 Å². The third kappa shape index (κ3) is 2.25. The molecule has 0 fully saturated rings. The van der Waals surface area contributed by atoms with Gasteiger partial charge in [0.2, 0.25) is 5.52 Å². The second kappa shape index (κ2) is 5.52. The Kier molecular flexibility index (Phi) is 3.42. The third-order valence-corrected chi connectivity index (χ3v) is 4.90. The van der Waals surface area contributed by atoms with Crippen molar-refractivity contribution >= 4 is 27.1 Å². The number of nitrogens with zero attached hydrogens (tertiary/aromatic N) is 1. The highest BCUT2D eigenvalue weighted by Crippen LogP contribution is 2.34. The highest BCUT2D eigenvalue weighted by Gasteiger charge is 2.17. The number of aromatic hydroxyl groups is 1. The second-order valence-corrected chi connectivity index (χ2v) is 6.32. The van der Waals surface area contributed by atoms with E-state index < -0.39 is 0 Å². The fourth-order valence-corrected chi connectivity index (χ4v) is 3.55. The van der Waals surface area contributed by atoms with E-state index in [0.717, 1.165) is 38.7 Å². The number of benzene rings is 2. The Morgan fingerprint density at radius 1 is 0.840 bits per heavy atom. The lowest BCUT2D eigenvalue weighted by Crippen LogP contribution is -2.25. The van der Waals surface area contributed by atoms with E-state index in [1.807, 2.05) is 18.3 Å². The van der Waals surface area contributed by atoms with Gasteiger partial charge in [-0.3, -0.25) is 0 Å². The average Bonchev–Trinajstić information content (AvgIpc) is 2.61. The van der Waals surface area contributed by atoms with Crippen LogP contribution in [0.4, 0.5) is 0 Å². The van der Waals surface area contributed by atoms with Crippen LogP contribution in [0, 0.1) is 13.8 Å². The van der Waals surface area contributed by atoms with Crippen molar-refractivity contribution in [3.63, 3.8) is 0 Å². The quantitative estimate of drug-likeness (QED) is 0.341. The molecule has 0 spiro atoms. The van der Waals surface area contributed by atoms with Crippen molar-refractivity contribution in [2.24, 2.45) is 0 Å². The van der Waals surface area contributed by atoms with Crippen LogP contribution in [0.15, 0.2) is 42.6 Å². The number of aryl methyl sites for hydroxylation is 2. The summed E-state index contributed by atoms with van der Waals surface area (Å²) < 4.78 is 13.0. The van der Waals surface area contributed by atoms with Gasteiger partial charge < -0.3 is 14.6 Å². The standard InChI is InChI=1S/C21H19NO3/c1-12-7-16-13(2)22-6-5-14-9-19(23)21(25-4)11-17(14)18(22)8-15(16)10-20(12)24-3/h5-11H,1-4H3/p+1. The van der Waals surface area contributed by atoms with E-state index in [0.29, 0.717) is 5.75 Å². The summed E-state index contributed by atoms with van der Waals surface area (Å²) in [5.41, 5.74) is 3.34. The van der Waals surface area contributed by atoms with Crippen LogP contribution in [0.1, 0.15) is 11.3 Å². The Labute approximate surface area is 145 Å². The molecular weight excluding hydrogens is 314 g/mol. The molecule has 0 radical (unpaired) electrons. The first kappa shape index (κ1) is 15.5. The molecule has 0 unspecified atom stereocenters. The molecule has 2 aromatic carbocycles. The SMILES string of the molecule is COc1cc2cc3c4cc(OC)c(O)cc4cc[n+]3c(C)c2cc1C. The minimum absolute atomic E-state index is 0.147. The van der Waals surface area contributed by atoms with Crippen LogP contribution in [-0.2, 0) is 0 Å². The lowest BCUT2D eigenvalue weighted by molar-refractivity contribution is -0.516. The number of methoxy groups -OCH3 is 2. The molecule has 0 saturated carbocycles.